The van der Waals surface area contributed by atoms with Crippen LogP contribution in [0.1, 0.15) is 23.2 Å². The fourth-order valence-electron chi connectivity index (χ4n) is 2.85. The van der Waals surface area contributed by atoms with Crippen LogP contribution in [-0.4, -0.2) is 37.1 Å². The molecule has 116 valence electrons. The van der Waals surface area contributed by atoms with Gasteiger partial charge in [-0.1, -0.05) is 0 Å². The van der Waals surface area contributed by atoms with E-state index in [2.05, 4.69) is 15.6 Å². The fourth-order valence-corrected chi connectivity index (χ4v) is 2.85. The minimum absolute atomic E-state index is 0.355. The van der Waals surface area contributed by atoms with Gasteiger partial charge in [0.15, 0.2) is 0 Å². The molecule has 0 aliphatic carbocycles. The maximum absolute atomic E-state index is 11.5. The molecular formula is C16H20N4O2. The molecule has 2 heterocycles. The average molecular weight is 300 g/mol. The van der Waals surface area contributed by atoms with Gasteiger partial charge in [0, 0.05) is 24.2 Å². The Hall–Kier alpha value is -2.34. The Bertz CT molecular complexity index is 696. The highest BCUT2D eigenvalue weighted by molar-refractivity contribution is 6.03. The summed E-state index contributed by atoms with van der Waals surface area (Å²) in [6, 6.07) is 5.79. The van der Waals surface area contributed by atoms with Gasteiger partial charge in [0.05, 0.1) is 12.7 Å². The van der Waals surface area contributed by atoms with Crippen molar-refractivity contribution in [3.8, 4) is 5.75 Å². The summed E-state index contributed by atoms with van der Waals surface area (Å²) in [5, 5.41) is 8.69. The highest BCUT2D eigenvalue weighted by Gasteiger charge is 2.16. The van der Waals surface area contributed by atoms with Crippen LogP contribution in [0.3, 0.4) is 0 Å². The second kappa shape index (κ2) is 6.19. The molecular weight excluding hydrogens is 280 g/mol. The molecule has 1 fully saturated rings. The Balaban J connectivity index is 2.01. The van der Waals surface area contributed by atoms with Gasteiger partial charge < -0.3 is 21.1 Å². The maximum atomic E-state index is 11.5. The maximum Gasteiger partial charge on any atom is 0.252 e. The second-order valence-corrected chi connectivity index (χ2v) is 5.49. The molecule has 6 heteroatoms. The van der Waals surface area contributed by atoms with Crippen LogP contribution in [-0.2, 0) is 0 Å². The monoisotopic (exact) mass is 300 g/mol. The number of nitrogens with zero attached hydrogens (tertiary/aromatic N) is 1. The van der Waals surface area contributed by atoms with Gasteiger partial charge in [-0.2, -0.15) is 0 Å². The van der Waals surface area contributed by atoms with Crippen molar-refractivity contribution >= 4 is 22.5 Å². The quantitative estimate of drug-likeness (QED) is 0.796. The number of ether oxygens (including phenoxy) is 1. The van der Waals surface area contributed by atoms with Crippen LogP contribution >= 0.6 is 0 Å². The summed E-state index contributed by atoms with van der Waals surface area (Å²) in [5.41, 5.74) is 5.79. The first-order chi connectivity index (χ1) is 10.7. The lowest BCUT2D eigenvalue weighted by atomic mass is 10.0. The molecule has 1 aliphatic rings. The van der Waals surface area contributed by atoms with Gasteiger partial charge in [-0.05, 0) is 43.0 Å². The first kappa shape index (κ1) is 14.6. The molecule has 1 aromatic heterocycles. The van der Waals surface area contributed by atoms with E-state index in [0.717, 1.165) is 42.5 Å². The molecule has 1 aromatic carbocycles. The highest BCUT2D eigenvalue weighted by Crippen LogP contribution is 2.30. The van der Waals surface area contributed by atoms with Gasteiger partial charge >= 0.3 is 0 Å². The first-order valence-corrected chi connectivity index (χ1v) is 7.43. The Morgan fingerprint density at radius 2 is 2.36 bits per heavy atom. The molecule has 0 unspecified atom stereocenters. The van der Waals surface area contributed by atoms with E-state index in [1.54, 1.807) is 12.3 Å². The zero-order valence-electron chi connectivity index (χ0n) is 12.6. The Kier molecular flexibility index (Phi) is 4.11. The zero-order valence-corrected chi connectivity index (χ0v) is 12.6. The molecule has 0 radical (unpaired) electrons. The predicted molar refractivity (Wildman–Crippen MR) is 86.3 cm³/mol. The zero-order chi connectivity index (χ0) is 15.5. The largest absolute Gasteiger partial charge is 0.496 e. The lowest BCUT2D eigenvalue weighted by Gasteiger charge is -2.25. The Morgan fingerprint density at radius 3 is 3.05 bits per heavy atom. The number of aromatic nitrogens is 1. The number of carbonyl (C=O) groups is 1. The minimum atomic E-state index is -0.499. The number of pyridine rings is 1. The smallest absolute Gasteiger partial charge is 0.252 e. The van der Waals surface area contributed by atoms with E-state index in [1.165, 1.54) is 7.11 Å². The van der Waals surface area contributed by atoms with Crippen LogP contribution in [0.25, 0.3) is 10.8 Å². The summed E-state index contributed by atoms with van der Waals surface area (Å²) in [4.78, 5) is 16.0. The standard InChI is InChI=1S/C16H20N4O2/c1-22-14-8-12-10(7-13(14)15(17)21)4-6-19-16(12)20-11-3-2-5-18-9-11/h4,6-8,11,18H,2-3,5,9H2,1H3,(H2,17,21)(H,19,20)/t11-/m1/s1. The number of nitrogens with one attached hydrogen (secondary N) is 2. The van der Waals surface area contributed by atoms with Crippen molar-refractivity contribution in [1.29, 1.82) is 0 Å². The molecule has 1 amide bonds. The van der Waals surface area contributed by atoms with Crippen LogP contribution in [0.5, 0.6) is 5.75 Å². The molecule has 2 aromatic rings. The molecule has 0 bridgehead atoms. The highest BCUT2D eigenvalue weighted by atomic mass is 16.5. The van der Waals surface area contributed by atoms with Gasteiger partial charge in [-0.25, -0.2) is 4.98 Å². The number of nitrogens with two attached hydrogens (primary N) is 1. The van der Waals surface area contributed by atoms with E-state index >= 15 is 0 Å². The van der Waals surface area contributed by atoms with Crippen molar-refractivity contribution in [3.05, 3.63) is 30.0 Å². The molecule has 0 saturated carbocycles. The summed E-state index contributed by atoms with van der Waals surface area (Å²) in [6.07, 6.45) is 4.00. The minimum Gasteiger partial charge on any atom is -0.496 e. The third-order valence-electron chi connectivity index (χ3n) is 3.99. The number of benzene rings is 1. The van der Waals surface area contributed by atoms with Crippen LogP contribution < -0.4 is 21.1 Å². The van der Waals surface area contributed by atoms with Gasteiger partial charge in [0.25, 0.3) is 5.91 Å². The Labute approximate surface area is 129 Å². The topological polar surface area (TPSA) is 89.3 Å². The number of hydrogen-bond donors (Lipinski definition) is 3. The SMILES string of the molecule is COc1cc2c(N[C@@H]3CCCNC3)nccc2cc1C(N)=O. The van der Waals surface area contributed by atoms with Crippen molar-refractivity contribution in [1.82, 2.24) is 10.3 Å². The summed E-state index contributed by atoms with van der Waals surface area (Å²) in [7, 11) is 1.53. The van der Waals surface area contributed by atoms with Crippen LogP contribution in [0, 0.1) is 0 Å². The fraction of sp³-hybridized carbons (Fsp3) is 0.375. The number of anilines is 1. The summed E-state index contributed by atoms with van der Waals surface area (Å²) in [6.45, 7) is 1.99. The van der Waals surface area contributed by atoms with Crippen LogP contribution in [0.15, 0.2) is 24.4 Å². The van der Waals surface area contributed by atoms with E-state index in [-0.39, 0.29) is 0 Å². The van der Waals surface area contributed by atoms with E-state index in [4.69, 9.17) is 10.5 Å². The number of primary amides is 1. The molecule has 1 aliphatic heterocycles. The molecule has 1 atom stereocenters. The summed E-state index contributed by atoms with van der Waals surface area (Å²) >= 11 is 0. The van der Waals surface area contributed by atoms with Crippen molar-refractivity contribution < 1.29 is 9.53 Å². The number of carbonyl (C=O) groups excluding carboxylic acids is 1. The molecule has 22 heavy (non-hydrogen) atoms. The lowest BCUT2D eigenvalue weighted by Crippen LogP contribution is -2.38. The molecule has 6 nitrogen and oxygen atoms in total. The van der Waals surface area contributed by atoms with Crippen molar-refractivity contribution in [3.63, 3.8) is 0 Å². The van der Waals surface area contributed by atoms with E-state index in [0.29, 0.717) is 17.4 Å². The van der Waals surface area contributed by atoms with Crippen molar-refractivity contribution in [2.45, 2.75) is 18.9 Å². The third-order valence-corrected chi connectivity index (χ3v) is 3.99. The van der Waals surface area contributed by atoms with Gasteiger partial charge in [-0.3, -0.25) is 4.79 Å². The summed E-state index contributed by atoms with van der Waals surface area (Å²) < 4.78 is 5.29. The summed E-state index contributed by atoms with van der Waals surface area (Å²) in [5.74, 6) is 0.778. The lowest BCUT2D eigenvalue weighted by molar-refractivity contribution is 0.0997. The number of hydrogen-bond acceptors (Lipinski definition) is 5. The van der Waals surface area contributed by atoms with Crippen molar-refractivity contribution in [2.75, 3.05) is 25.5 Å². The van der Waals surface area contributed by atoms with E-state index < -0.39 is 5.91 Å². The molecule has 4 N–H and O–H groups in total. The van der Waals surface area contributed by atoms with Gasteiger partial charge in [-0.15, -0.1) is 0 Å². The van der Waals surface area contributed by atoms with Gasteiger partial charge in [0.2, 0.25) is 0 Å². The molecule has 3 rings (SSSR count). The number of amides is 1. The van der Waals surface area contributed by atoms with Crippen molar-refractivity contribution in [2.24, 2.45) is 5.73 Å². The third kappa shape index (κ3) is 2.82. The number of methoxy groups -OCH3 is 1. The molecule has 1 saturated heterocycles. The number of fused-ring (bicyclic) bond motifs is 1. The predicted octanol–water partition coefficient (Wildman–Crippen LogP) is 1.51. The number of rotatable bonds is 4. The van der Waals surface area contributed by atoms with E-state index in [1.807, 2.05) is 12.1 Å². The van der Waals surface area contributed by atoms with Crippen LogP contribution in [0.2, 0.25) is 0 Å². The average Bonchev–Trinajstić information content (AvgIpc) is 2.55. The normalized spacial score (nSPS) is 18.1. The number of piperidine rings is 1. The first-order valence-electron chi connectivity index (χ1n) is 7.43. The van der Waals surface area contributed by atoms with Gasteiger partial charge in [0.1, 0.15) is 11.6 Å². The van der Waals surface area contributed by atoms with Crippen LogP contribution in [0.4, 0.5) is 5.82 Å². The Morgan fingerprint density at radius 1 is 1.50 bits per heavy atom. The molecule has 0 spiro atoms. The van der Waals surface area contributed by atoms with E-state index in [9.17, 15) is 4.79 Å². The second-order valence-electron chi connectivity index (χ2n) is 5.49.